The number of nitrogens with zero attached hydrogens (tertiary/aromatic N) is 1. The Hall–Kier alpha value is -2.64. The highest BCUT2D eigenvalue weighted by Crippen LogP contribution is 2.09. The van der Waals surface area contributed by atoms with Gasteiger partial charge in [0.2, 0.25) is 17.7 Å². The second-order valence-corrected chi connectivity index (χ2v) is 7.93. The zero-order valence-electron chi connectivity index (χ0n) is 18.2. The Kier molecular flexibility index (Phi) is 11.2. The Labute approximate surface area is 191 Å². The van der Waals surface area contributed by atoms with Crippen LogP contribution in [0.5, 0.6) is 0 Å². The second-order valence-electron chi connectivity index (χ2n) is 7.56. The zero-order valence-corrected chi connectivity index (χ0v) is 19.1. The lowest BCUT2D eigenvalue weighted by Gasteiger charge is -2.26. The standard InChI is InChI=1S/C19H32N6O6S/c1-4-9(2)15(19(30)31)25-17(28)13(7-32)24-16(27)12(5-11-6-21-8-22-11)23-18(29)14(20)10(3)26/h6,8-10,12-15,26,32H,4-5,7,20H2,1-3H3,(H,21,22)(H,23,29)(H,24,27)(H,25,28)(H,30,31). The van der Waals surface area contributed by atoms with Crippen molar-refractivity contribution in [3.05, 3.63) is 18.2 Å². The fraction of sp³-hybridized carbons (Fsp3) is 0.632. The van der Waals surface area contributed by atoms with E-state index in [1.54, 1.807) is 13.8 Å². The van der Waals surface area contributed by atoms with Crippen LogP contribution in [0.3, 0.4) is 0 Å². The van der Waals surface area contributed by atoms with E-state index >= 15 is 0 Å². The normalized spacial score (nSPS) is 16.7. The second kappa shape index (κ2) is 13.0. The van der Waals surface area contributed by atoms with Crippen molar-refractivity contribution in [2.45, 2.75) is 63.9 Å². The number of carbonyl (C=O) groups is 4. The number of carboxylic acid groups (broad SMARTS) is 1. The zero-order chi connectivity index (χ0) is 24.4. The molecule has 0 bridgehead atoms. The minimum absolute atomic E-state index is 0.00956. The summed E-state index contributed by atoms with van der Waals surface area (Å²) in [5.74, 6) is -3.81. The number of thiol groups is 1. The van der Waals surface area contributed by atoms with E-state index in [9.17, 15) is 29.4 Å². The molecule has 180 valence electrons. The van der Waals surface area contributed by atoms with Crippen molar-refractivity contribution >= 4 is 36.3 Å². The Morgan fingerprint density at radius 2 is 1.72 bits per heavy atom. The molecule has 0 radical (unpaired) electrons. The molecule has 8 N–H and O–H groups in total. The molecule has 6 unspecified atom stereocenters. The molecule has 0 saturated carbocycles. The van der Waals surface area contributed by atoms with Crippen LogP contribution in [0.15, 0.2) is 12.5 Å². The van der Waals surface area contributed by atoms with Crippen LogP contribution in [-0.2, 0) is 25.6 Å². The van der Waals surface area contributed by atoms with Crippen molar-refractivity contribution in [3.8, 4) is 0 Å². The lowest BCUT2D eigenvalue weighted by molar-refractivity contribution is -0.143. The number of hydrogen-bond acceptors (Lipinski definition) is 8. The molecule has 0 aromatic carbocycles. The number of imidazole rings is 1. The van der Waals surface area contributed by atoms with E-state index in [1.807, 2.05) is 0 Å². The van der Waals surface area contributed by atoms with Crippen molar-refractivity contribution in [1.82, 2.24) is 25.9 Å². The van der Waals surface area contributed by atoms with Crippen LogP contribution < -0.4 is 21.7 Å². The Morgan fingerprint density at radius 3 is 2.19 bits per heavy atom. The summed E-state index contributed by atoms with van der Waals surface area (Å²) in [5, 5.41) is 26.3. The van der Waals surface area contributed by atoms with Crippen molar-refractivity contribution < 1.29 is 29.4 Å². The molecule has 0 aliphatic heterocycles. The van der Waals surface area contributed by atoms with Gasteiger partial charge < -0.3 is 36.9 Å². The summed E-state index contributed by atoms with van der Waals surface area (Å²) < 4.78 is 0. The van der Waals surface area contributed by atoms with Gasteiger partial charge in [-0.05, 0) is 12.8 Å². The van der Waals surface area contributed by atoms with Crippen LogP contribution in [0, 0.1) is 5.92 Å². The lowest BCUT2D eigenvalue weighted by atomic mass is 9.99. The predicted octanol–water partition coefficient (Wildman–Crippen LogP) is -1.82. The molecule has 0 saturated heterocycles. The third-order valence-electron chi connectivity index (χ3n) is 5.03. The average Bonchev–Trinajstić information content (AvgIpc) is 3.26. The number of rotatable bonds is 13. The van der Waals surface area contributed by atoms with Gasteiger partial charge in [-0.2, -0.15) is 12.6 Å². The minimum Gasteiger partial charge on any atom is -0.480 e. The summed E-state index contributed by atoms with van der Waals surface area (Å²) in [7, 11) is 0. The van der Waals surface area contributed by atoms with Crippen molar-refractivity contribution in [2.75, 3.05) is 5.75 Å². The van der Waals surface area contributed by atoms with Gasteiger partial charge in [0.05, 0.1) is 12.4 Å². The predicted molar refractivity (Wildman–Crippen MR) is 119 cm³/mol. The maximum atomic E-state index is 12.9. The number of H-pyrrole nitrogens is 1. The van der Waals surface area contributed by atoms with Gasteiger partial charge in [-0.25, -0.2) is 9.78 Å². The maximum absolute atomic E-state index is 12.9. The summed E-state index contributed by atoms with van der Waals surface area (Å²) >= 11 is 4.09. The molecule has 13 heteroatoms. The molecule has 12 nitrogen and oxygen atoms in total. The monoisotopic (exact) mass is 472 g/mol. The van der Waals surface area contributed by atoms with E-state index in [-0.39, 0.29) is 18.1 Å². The lowest BCUT2D eigenvalue weighted by Crippen LogP contribution is -2.59. The minimum atomic E-state index is -1.26. The molecular weight excluding hydrogens is 440 g/mol. The molecule has 1 heterocycles. The number of hydrogen-bond donors (Lipinski definition) is 8. The first kappa shape index (κ1) is 27.4. The van der Waals surface area contributed by atoms with E-state index in [2.05, 4.69) is 38.5 Å². The van der Waals surface area contributed by atoms with Crippen molar-refractivity contribution in [3.63, 3.8) is 0 Å². The van der Waals surface area contributed by atoms with Gasteiger partial charge in [0.15, 0.2) is 0 Å². The van der Waals surface area contributed by atoms with Gasteiger partial charge >= 0.3 is 5.97 Å². The highest BCUT2D eigenvalue weighted by atomic mass is 32.1. The molecule has 1 aromatic heterocycles. The van der Waals surface area contributed by atoms with Crippen LogP contribution in [0.25, 0.3) is 0 Å². The number of carboxylic acids is 1. The van der Waals surface area contributed by atoms with E-state index in [0.29, 0.717) is 12.1 Å². The number of aliphatic hydroxyl groups excluding tert-OH is 1. The molecule has 0 fully saturated rings. The molecule has 0 aliphatic rings. The topological polar surface area (TPSA) is 200 Å². The number of nitrogens with one attached hydrogen (secondary N) is 4. The third-order valence-corrected chi connectivity index (χ3v) is 5.39. The van der Waals surface area contributed by atoms with E-state index < -0.39 is 54.0 Å². The fourth-order valence-corrected chi connectivity index (χ4v) is 2.97. The molecule has 1 rings (SSSR count). The van der Waals surface area contributed by atoms with Gasteiger partial charge in [0, 0.05) is 24.1 Å². The third kappa shape index (κ3) is 8.13. The highest BCUT2D eigenvalue weighted by molar-refractivity contribution is 7.80. The molecule has 32 heavy (non-hydrogen) atoms. The van der Waals surface area contributed by atoms with Crippen LogP contribution in [0.2, 0.25) is 0 Å². The highest BCUT2D eigenvalue weighted by Gasteiger charge is 2.32. The SMILES string of the molecule is CCC(C)C(NC(=O)C(CS)NC(=O)C(Cc1cnc[nH]1)NC(=O)C(N)C(C)O)C(=O)O. The largest absolute Gasteiger partial charge is 0.480 e. The molecular formula is C19H32N6O6S. The van der Waals surface area contributed by atoms with Crippen LogP contribution in [0.1, 0.15) is 32.9 Å². The molecule has 6 atom stereocenters. The number of aliphatic carboxylic acids is 1. The van der Waals surface area contributed by atoms with Crippen LogP contribution in [0.4, 0.5) is 0 Å². The van der Waals surface area contributed by atoms with Crippen LogP contribution in [-0.4, -0.2) is 79.9 Å². The summed E-state index contributed by atoms with van der Waals surface area (Å²) in [4.78, 5) is 55.9. The van der Waals surface area contributed by atoms with Gasteiger partial charge in [0.1, 0.15) is 24.2 Å². The number of aliphatic hydroxyl groups is 1. The van der Waals surface area contributed by atoms with E-state index in [1.165, 1.54) is 19.4 Å². The van der Waals surface area contributed by atoms with Crippen LogP contribution >= 0.6 is 12.6 Å². The average molecular weight is 473 g/mol. The number of amides is 3. The van der Waals surface area contributed by atoms with Crippen molar-refractivity contribution in [1.29, 1.82) is 0 Å². The maximum Gasteiger partial charge on any atom is 0.326 e. The van der Waals surface area contributed by atoms with Crippen molar-refractivity contribution in [2.24, 2.45) is 11.7 Å². The first-order valence-electron chi connectivity index (χ1n) is 10.2. The summed E-state index contributed by atoms with van der Waals surface area (Å²) in [6.07, 6.45) is 2.26. The van der Waals surface area contributed by atoms with Gasteiger partial charge in [-0.3, -0.25) is 14.4 Å². The summed E-state index contributed by atoms with van der Waals surface area (Å²) in [5.41, 5.74) is 6.17. The number of nitrogens with two attached hydrogens (primary N) is 1. The first-order chi connectivity index (χ1) is 15.0. The molecule has 3 amide bonds. The summed E-state index contributed by atoms with van der Waals surface area (Å²) in [6, 6.07) is -4.68. The Balaban J connectivity index is 2.95. The fourth-order valence-electron chi connectivity index (χ4n) is 2.72. The quantitative estimate of drug-likeness (QED) is 0.153. The number of aromatic amines is 1. The van der Waals surface area contributed by atoms with E-state index in [4.69, 9.17) is 5.73 Å². The van der Waals surface area contributed by atoms with Gasteiger partial charge in [-0.15, -0.1) is 0 Å². The Morgan fingerprint density at radius 1 is 1.12 bits per heavy atom. The number of carbonyl (C=O) groups excluding carboxylic acids is 3. The van der Waals surface area contributed by atoms with Gasteiger partial charge in [0.25, 0.3) is 0 Å². The molecule has 1 aromatic rings. The molecule has 0 aliphatic carbocycles. The summed E-state index contributed by atoms with van der Waals surface area (Å²) in [6.45, 7) is 4.83. The smallest absolute Gasteiger partial charge is 0.326 e. The Bertz CT molecular complexity index is 774. The van der Waals surface area contributed by atoms with Gasteiger partial charge in [-0.1, -0.05) is 20.3 Å². The van der Waals surface area contributed by atoms with E-state index in [0.717, 1.165) is 0 Å². The number of aromatic nitrogens is 2. The first-order valence-corrected chi connectivity index (χ1v) is 10.8. The molecule has 0 spiro atoms.